The van der Waals surface area contributed by atoms with Crippen LogP contribution in [0.3, 0.4) is 0 Å². The third kappa shape index (κ3) is 4.24. The lowest BCUT2D eigenvalue weighted by atomic mass is 10.1. The van der Waals surface area contributed by atoms with E-state index in [4.69, 9.17) is 5.10 Å². The first-order valence-electron chi connectivity index (χ1n) is 11.2. The van der Waals surface area contributed by atoms with Crippen molar-refractivity contribution in [2.24, 2.45) is 0 Å². The molecule has 2 aliphatic heterocycles. The predicted molar refractivity (Wildman–Crippen MR) is 121 cm³/mol. The van der Waals surface area contributed by atoms with Gasteiger partial charge in [0.25, 0.3) is 5.91 Å². The number of hydrogen-bond donors (Lipinski definition) is 1. The number of aromatic nitrogens is 3. The molecule has 11 heteroatoms. The first-order chi connectivity index (χ1) is 16.6. The van der Waals surface area contributed by atoms with Gasteiger partial charge < -0.3 is 14.9 Å². The molecule has 1 aromatic carbocycles. The first-order valence-corrected chi connectivity index (χ1v) is 11.2. The Bertz CT molecular complexity index is 1280. The topological polar surface area (TPSA) is 74.5 Å². The lowest BCUT2D eigenvalue weighted by Crippen LogP contribution is -2.51. The van der Waals surface area contributed by atoms with Crippen molar-refractivity contribution in [2.45, 2.75) is 31.2 Å². The quantitative estimate of drug-likeness (QED) is 0.444. The number of carbonyl (C=O) groups is 1. The zero-order valence-corrected chi connectivity index (χ0v) is 18.7. The maximum absolute atomic E-state index is 13.3. The number of pyridine rings is 1. The van der Waals surface area contributed by atoms with Crippen LogP contribution in [0.1, 0.15) is 24.4 Å². The molecule has 2 aromatic heterocycles. The zero-order valence-electron chi connectivity index (χ0n) is 18.7. The maximum Gasteiger partial charge on any atom is 0.416 e. The number of aliphatic hydroxyl groups excluding tert-OH is 1. The van der Waals surface area contributed by atoms with Crippen molar-refractivity contribution in [3.8, 4) is 11.3 Å². The number of rotatable bonds is 4. The number of piperidine rings is 1. The molecule has 5 rings (SSSR count). The van der Waals surface area contributed by atoms with Gasteiger partial charge in [0, 0.05) is 37.9 Å². The van der Waals surface area contributed by atoms with E-state index in [0.717, 1.165) is 24.2 Å². The van der Waals surface area contributed by atoms with Gasteiger partial charge in [0.15, 0.2) is 5.83 Å². The summed E-state index contributed by atoms with van der Waals surface area (Å²) in [5, 5.41) is 14.9. The highest BCUT2D eigenvalue weighted by molar-refractivity contribution is 5.98. The van der Waals surface area contributed by atoms with E-state index in [2.05, 4.69) is 11.6 Å². The average Bonchev–Trinajstić information content (AvgIpc) is 3.17. The molecule has 3 aromatic rings. The van der Waals surface area contributed by atoms with Crippen LogP contribution in [-0.2, 0) is 11.0 Å². The number of amides is 1. The van der Waals surface area contributed by atoms with Crippen molar-refractivity contribution in [2.75, 3.05) is 31.1 Å². The van der Waals surface area contributed by atoms with Crippen molar-refractivity contribution in [3.63, 3.8) is 0 Å². The Morgan fingerprint density at radius 3 is 2.46 bits per heavy atom. The molecule has 1 N–H and O–H groups in total. The predicted octanol–water partition coefficient (Wildman–Crippen LogP) is 3.94. The van der Waals surface area contributed by atoms with Gasteiger partial charge in [-0.15, -0.1) is 0 Å². The smallest absolute Gasteiger partial charge is 0.391 e. The van der Waals surface area contributed by atoms with Gasteiger partial charge in [0.2, 0.25) is 0 Å². The summed E-state index contributed by atoms with van der Waals surface area (Å²) in [6.45, 7) is 4.62. The maximum atomic E-state index is 13.3. The number of benzene rings is 1. The largest absolute Gasteiger partial charge is 0.416 e. The van der Waals surface area contributed by atoms with Gasteiger partial charge in [-0.1, -0.05) is 18.7 Å². The standard InChI is InChI=1S/C24H23F4N5O2/c1-14(25)23(35)32-11-17(12-32)33-22-19(31-10-2-3-18(34)13-31)8-9-29-21(22)20(30-33)15-4-6-16(7-5-15)24(26,27)28/h4-9,17-18,34H,1-3,10-13H2. The molecule has 2 saturated heterocycles. The minimum atomic E-state index is -4.46. The molecule has 0 bridgehead atoms. The summed E-state index contributed by atoms with van der Waals surface area (Å²) < 4.78 is 54.2. The van der Waals surface area contributed by atoms with Crippen molar-refractivity contribution in [1.29, 1.82) is 0 Å². The molecule has 0 spiro atoms. The van der Waals surface area contributed by atoms with Crippen LogP contribution in [0.25, 0.3) is 22.3 Å². The van der Waals surface area contributed by atoms with Gasteiger partial charge in [0.1, 0.15) is 16.7 Å². The summed E-state index contributed by atoms with van der Waals surface area (Å²) in [6, 6.07) is 6.26. The minimum absolute atomic E-state index is 0.210. The molecule has 4 heterocycles. The average molecular weight is 489 g/mol. The fraction of sp³-hybridized carbons (Fsp3) is 0.375. The highest BCUT2D eigenvalue weighted by Gasteiger charge is 2.37. The monoisotopic (exact) mass is 489 g/mol. The van der Waals surface area contributed by atoms with Crippen molar-refractivity contribution < 1.29 is 27.5 Å². The molecule has 184 valence electrons. The number of fused-ring (bicyclic) bond motifs is 1. The fourth-order valence-corrected chi connectivity index (χ4v) is 4.70. The number of halogens is 4. The second kappa shape index (κ2) is 8.63. The SMILES string of the molecule is C=C(F)C(=O)N1CC(n2nc(-c3ccc(C(F)(F)F)cc3)c3nccc(N4CCCC(O)C4)c32)C1. The van der Waals surface area contributed by atoms with E-state index < -0.39 is 29.6 Å². The van der Waals surface area contributed by atoms with Crippen LogP contribution in [-0.4, -0.2) is 63.0 Å². The Labute approximate surface area is 198 Å². The van der Waals surface area contributed by atoms with Gasteiger partial charge in [-0.3, -0.25) is 14.5 Å². The van der Waals surface area contributed by atoms with Crippen LogP contribution in [0.4, 0.5) is 23.2 Å². The van der Waals surface area contributed by atoms with E-state index in [1.165, 1.54) is 17.0 Å². The molecular formula is C24H23F4N5O2. The molecule has 0 saturated carbocycles. The van der Waals surface area contributed by atoms with E-state index in [1.807, 2.05) is 11.0 Å². The number of aliphatic hydroxyl groups is 1. The lowest BCUT2D eigenvalue weighted by Gasteiger charge is -2.39. The summed E-state index contributed by atoms with van der Waals surface area (Å²) in [7, 11) is 0. The number of anilines is 1. The molecule has 0 radical (unpaired) electrons. The van der Waals surface area contributed by atoms with Crippen LogP contribution >= 0.6 is 0 Å². The van der Waals surface area contributed by atoms with Gasteiger partial charge in [-0.2, -0.15) is 18.3 Å². The van der Waals surface area contributed by atoms with Gasteiger partial charge in [0.05, 0.1) is 23.4 Å². The molecule has 1 amide bonds. The van der Waals surface area contributed by atoms with E-state index in [-0.39, 0.29) is 19.1 Å². The van der Waals surface area contributed by atoms with Crippen molar-refractivity contribution in [1.82, 2.24) is 19.7 Å². The van der Waals surface area contributed by atoms with Crippen LogP contribution < -0.4 is 4.90 Å². The first kappa shape index (κ1) is 23.3. The summed E-state index contributed by atoms with van der Waals surface area (Å²) in [4.78, 5) is 19.8. The van der Waals surface area contributed by atoms with Crippen LogP contribution in [0.15, 0.2) is 48.9 Å². The Hall–Kier alpha value is -3.47. The lowest BCUT2D eigenvalue weighted by molar-refractivity contribution is -0.137. The van der Waals surface area contributed by atoms with Crippen LogP contribution in [0, 0.1) is 0 Å². The van der Waals surface area contributed by atoms with E-state index >= 15 is 0 Å². The minimum Gasteiger partial charge on any atom is -0.391 e. The Kier molecular flexibility index (Phi) is 5.74. The number of likely N-dealkylation sites (tertiary alicyclic amines) is 1. The highest BCUT2D eigenvalue weighted by Crippen LogP contribution is 2.38. The summed E-state index contributed by atoms with van der Waals surface area (Å²) in [6.07, 6.45) is -1.82. The zero-order chi connectivity index (χ0) is 24.9. The van der Waals surface area contributed by atoms with Crippen LogP contribution in [0.5, 0.6) is 0 Å². The number of β-amino-alcohol motifs (C(OH)–C–C–N with tert-alkyl or cyclic N) is 1. The van der Waals surface area contributed by atoms with E-state index in [9.17, 15) is 27.5 Å². The normalized spacial score (nSPS) is 19.2. The number of nitrogens with zero attached hydrogens (tertiary/aromatic N) is 5. The number of carbonyl (C=O) groups excluding carboxylic acids is 1. The molecule has 2 fully saturated rings. The Balaban J connectivity index is 1.59. The molecule has 1 unspecified atom stereocenters. The van der Waals surface area contributed by atoms with Gasteiger partial charge in [-0.25, -0.2) is 4.39 Å². The fourth-order valence-electron chi connectivity index (χ4n) is 4.70. The highest BCUT2D eigenvalue weighted by atomic mass is 19.4. The summed E-state index contributed by atoms with van der Waals surface area (Å²) in [5.41, 5.74) is 2.07. The Morgan fingerprint density at radius 2 is 1.83 bits per heavy atom. The second-order valence-electron chi connectivity index (χ2n) is 8.91. The summed E-state index contributed by atoms with van der Waals surface area (Å²) in [5.74, 6) is -1.82. The second-order valence-corrected chi connectivity index (χ2v) is 8.91. The van der Waals surface area contributed by atoms with Crippen molar-refractivity contribution in [3.05, 3.63) is 54.5 Å². The summed E-state index contributed by atoms with van der Waals surface area (Å²) >= 11 is 0. The van der Waals surface area contributed by atoms with Gasteiger partial charge in [-0.05, 0) is 31.0 Å². The third-order valence-electron chi connectivity index (χ3n) is 6.51. The molecule has 7 nitrogen and oxygen atoms in total. The molecule has 0 aliphatic carbocycles. The number of alkyl halides is 3. The van der Waals surface area contributed by atoms with Gasteiger partial charge >= 0.3 is 6.18 Å². The van der Waals surface area contributed by atoms with Crippen molar-refractivity contribution >= 4 is 22.6 Å². The third-order valence-corrected chi connectivity index (χ3v) is 6.51. The van der Waals surface area contributed by atoms with Crippen LogP contribution in [0.2, 0.25) is 0 Å². The number of hydrogen-bond acceptors (Lipinski definition) is 5. The Morgan fingerprint density at radius 1 is 1.11 bits per heavy atom. The molecule has 1 atom stereocenters. The molecule has 35 heavy (non-hydrogen) atoms. The van der Waals surface area contributed by atoms with E-state index in [0.29, 0.717) is 41.8 Å². The van der Waals surface area contributed by atoms with E-state index in [1.54, 1.807) is 10.9 Å². The molecular weight excluding hydrogens is 466 g/mol. The molecule has 2 aliphatic rings.